The molecule has 0 radical (unpaired) electrons. The number of ether oxygens (including phenoxy) is 1. The van der Waals surface area contributed by atoms with E-state index >= 15 is 0 Å². The largest absolute Gasteiger partial charge is 0.390 e. The first kappa shape index (κ1) is 19.6. The van der Waals surface area contributed by atoms with Gasteiger partial charge in [0.2, 0.25) is 0 Å². The number of hydrogen-bond donors (Lipinski definition) is 2. The molecule has 2 N–H and O–H groups in total. The van der Waals surface area contributed by atoms with Crippen LogP contribution in [0.25, 0.3) is 11.3 Å². The van der Waals surface area contributed by atoms with Crippen molar-refractivity contribution in [1.29, 1.82) is 0 Å². The van der Waals surface area contributed by atoms with Gasteiger partial charge in [-0.1, -0.05) is 35.5 Å². The van der Waals surface area contributed by atoms with Crippen LogP contribution >= 0.6 is 0 Å². The quantitative estimate of drug-likeness (QED) is 0.796. The van der Waals surface area contributed by atoms with Crippen molar-refractivity contribution in [1.82, 2.24) is 15.4 Å². The third-order valence-corrected chi connectivity index (χ3v) is 5.96. The van der Waals surface area contributed by atoms with Crippen molar-refractivity contribution in [3.63, 3.8) is 0 Å². The van der Waals surface area contributed by atoms with E-state index in [0.717, 1.165) is 55.8 Å². The molecule has 2 aromatic rings. The molecule has 6 nitrogen and oxygen atoms in total. The van der Waals surface area contributed by atoms with Crippen LogP contribution in [0.15, 0.2) is 40.9 Å². The maximum absolute atomic E-state index is 10.4. The molecule has 3 heterocycles. The number of benzene rings is 1. The lowest BCUT2D eigenvalue weighted by atomic mass is 9.97. The molecular weight excluding hydrogens is 354 g/mol. The van der Waals surface area contributed by atoms with E-state index in [-0.39, 0.29) is 12.2 Å². The van der Waals surface area contributed by atoms with Gasteiger partial charge in [-0.3, -0.25) is 0 Å². The van der Waals surface area contributed by atoms with Crippen LogP contribution in [0.2, 0.25) is 0 Å². The van der Waals surface area contributed by atoms with Gasteiger partial charge in [0, 0.05) is 30.6 Å². The monoisotopic (exact) mass is 385 g/mol. The van der Waals surface area contributed by atoms with Crippen LogP contribution in [0.4, 0.5) is 0 Å². The van der Waals surface area contributed by atoms with E-state index < -0.39 is 6.10 Å². The zero-order valence-electron chi connectivity index (χ0n) is 16.6. The summed E-state index contributed by atoms with van der Waals surface area (Å²) in [4.78, 5) is 2.36. The Kier molecular flexibility index (Phi) is 6.42. The van der Waals surface area contributed by atoms with Crippen LogP contribution in [0.3, 0.4) is 0 Å². The SMILES string of the molecule is CN1CCC(NC[C@H]2O[C@H](Cc3cc(-c4ccccc4)on3)CC[C@@H]2O)CC1. The Morgan fingerprint density at radius 3 is 2.71 bits per heavy atom. The number of aliphatic hydroxyl groups is 1. The molecule has 0 bridgehead atoms. The van der Waals surface area contributed by atoms with Crippen molar-refractivity contribution < 1.29 is 14.4 Å². The number of hydrogen-bond acceptors (Lipinski definition) is 6. The Labute approximate surface area is 166 Å². The number of aromatic nitrogens is 1. The first-order valence-electron chi connectivity index (χ1n) is 10.4. The fraction of sp³-hybridized carbons (Fsp3) is 0.591. The molecule has 4 rings (SSSR count). The summed E-state index contributed by atoms with van der Waals surface area (Å²) in [5.41, 5.74) is 1.93. The second kappa shape index (κ2) is 9.18. The summed E-state index contributed by atoms with van der Waals surface area (Å²) in [5.74, 6) is 0.784. The van der Waals surface area contributed by atoms with Crippen LogP contribution in [0, 0.1) is 0 Å². The second-order valence-electron chi connectivity index (χ2n) is 8.18. The van der Waals surface area contributed by atoms with Gasteiger partial charge >= 0.3 is 0 Å². The minimum absolute atomic E-state index is 0.0708. The number of nitrogens with zero attached hydrogens (tertiary/aromatic N) is 2. The van der Waals surface area contributed by atoms with Crippen molar-refractivity contribution in [2.45, 2.75) is 56.5 Å². The summed E-state index contributed by atoms with van der Waals surface area (Å²) < 4.78 is 11.7. The van der Waals surface area contributed by atoms with Crippen molar-refractivity contribution in [3.05, 3.63) is 42.1 Å². The second-order valence-corrected chi connectivity index (χ2v) is 8.18. The van der Waals surface area contributed by atoms with Gasteiger partial charge in [0.05, 0.1) is 24.0 Å². The first-order chi connectivity index (χ1) is 13.7. The number of aliphatic hydroxyl groups excluding tert-OH is 1. The van der Waals surface area contributed by atoms with Crippen LogP contribution in [-0.4, -0.2) is 66.2 Å². The summed E-state index contributed by atoms with van der Waals surface area (Å²) in [5, 5.41) is 18.2. The van der Waals surface area contributed by atoms with E-state index in [1.54, 1.807) is 0 Å². The Hall–Kier alpha value is -1.73. The highest BCUT2D eigenvalue weighted by Gasteiger charge is 2.31. The predicted molar refractivity (Wildman–Crippen MR) is 108 cm³/mol. The maximum Gasteiger partial charge on any atom is 0.167 e. The number of likely N-dealkylation sites (tertiary alicyclic amines) is 1. The molecule has 6 heteroatoms. The van der Waals surface area contributed by atoms with Gasteiger partial charge in [-0.2, -0.15) is 0 Å². The Morgan fingerprint density at radius 2 is 1.93 bits per heavy atom. The van der Waals surface area contributed by atoms with Crippen molar-refractivity contribution in [2.24, 2.45) is 0 Å². The van der Waals surface area contributed by atoms with Crippen molar-refractivity contribution in [3.8, 4) is 11.3 Å². The molecule has 1 aromatic heterocycles. The van der Waals surface area contributed by atoms with Gasteiger partial charge in [-0.15, -0.1) is 0 Å². The number of piperidine rings is 1. The topological polar surface area (TPSA) is 70.8 Å². The van der Waals surface area contributed by atoms with Crippen molar-refractivity contribution >= 4 is 0 Å². The molecule has 2 fully saturated rings. The molecule has 0 saturated carbocycles. The van der Waals surface area contributed by atoms with Crippen molar-refractivity contribution in [2.75, 3.05) is 26.7 Å². The fourth-order valence-corrected chi connectivity index (χ4v) is 4.16. The summed E-state index contributed by atoms with van der Waals surface area (Å²) in [6, 6.07) is 12.5. The fourth-order valence-electron chi connectivity index (χ4n) is 4.16. The highest BCUT2D eigenvalue weighted by molar-refractivity contribution is 5.56. The molecule has 1 aromatic carbocycles. The number of rotatable bonds is 6. The number of nitrogens with one attached hydrogen (secondary N) is 1. The smallest absolute Gasteiger partial charge is 0.167 e. The Morgan fingerprint density at radius 1 is 1.14 bits per heavy atom. The normalized spacial score (nSPS) is 27.1. The summed E-state index contributed by atoms with van der Waals surface area (Å²) in [6.07, 6.45) is 4.17. The molecular formula is C22H31N3O3. The van der Waals surface area contributed by atoms with E-state index in [1.807, 2.05) is 36.4 Å². The molecule has 0 unspecified atom stereocenters. The summed E-state index contributed by atoms with van der Waals surface area (Å²) >= 11 is 0. The molecule has 2 aliphatic heterocycles. The molecule has 28 heavy (non-hydrogen) atoms. The average Bonchev–Trinajstić information content (AvgIpc) is 3.19. The molecule has 0 amide bonds. The molecule has 3 atom stereocenters. The zero-order valence-corrected chi connectivity index (χ0v) is 16.6. The Bertz CT molecular complexity index is 728. The minimum atomic E-state index is -0.396. The molecule has 152 valence electrons. The zero-order chi connectivity index (χ0) is 19.3. The van der Waals surface area contributed by atoms with Crippen LogP contribution < -0.4 is 5.32 Å². The highest BCUT2D eigenvalue weighted by Crippen LogP contribution is 2.25. The standard InChI is InChI=1S/C22H31N3O3/c1-25-11-9-17(10-12-25)23-15-22-20(26)8-7-19(27-22)13-18-14-21(28-24-18)16-5-3-2-4-6-16/h2-6,14,17,19-20,22-23,26H,7-13,15H2,1H3/t19-,20-,22+/m0/s1. The first-order valence-corrected chi connectivity index (χ1v) is 10.4. The lowest BCUT2D eigenvalue weighted by Gasteiger charge is -2.36. The average molecular weight is 386 g/mol. The summed E-state index contributed by atoms with van der Waals surface area (Å²) in [7, 11) is 2.17. The predicted octanol–water partition coefficient (Wildman–Crippen LogP) is 2.48. The maximum atomic E-state index is 10.4. The van der Waals surface area contributed by atoms with E-state index in [1.165, 1.54) is 0 Å². The van der Waals surface area contributed by atoms with Crippen LogP contribution in [0.1, 0.15) is 31.4 Å². The van der Waals surface area contributed by atoms with Gasteiger partial charge in [0.1, 0.15) is 0 Å². The van der Waals surface area contributed by atoms with Gasteiger partial charge < -0.3 is 24.6 Å². The van der Waals surface area contributed by atoms with Gasteiger partial charge in [-0.05, 0) is 45.8 Å². The van der Waals surface area contributed by atoms with E-state index in [2.05, 4.69) is 22.4 Å². The van der Waals surface area contributed by atoms with E-state index in [4.69, 9.17) is 9.26 Å². The molecule has 0 spiro atoms. The Balaban J connectivity index is 1.29. The highest BCUT2D eigenvalue weighted by atomic mass is 16.5. The summed E-state index contributed by atoms with van der Waals surface area (Å²) in [6.45, 7) is 2.97. The minimum Gasteiger partial charge on any atom is -0.390 e. The van der Waals surface area contributed by atoms with Gasteiger partial charge in [-0.25, -0.2) is 0 Å². The van der Waals surface area contributed by atoms with Crippen LogP contribution in [-0.2, 0) is 11.2 Å². The third kappa shape index (κ3) is 5.00. The molecule has 2 saturated heterocycles. The van der Waals surface area contributed by atoms with Crippen LogP contribution in [0.5, 0.6) is 0 Å². The van der Waals surface area contributed by atoms with E-state index in [9.17, 15) is 5.11 Å². The lowest BCUT2D eigenvalue weighted by molar-refractivity contribution is -0.115. The lowest BCUT2D eigenvalue weighted by Crippen LogP contribution is -2.49. The van der Waals surface area contributed by atoms with Gasteiger partial charge in [0.25, 0.3) is 0 Å². The molecule has 2 aliphatic rings. The van der Waals surface area contributed by atoms with Gasteiger partial charge in [0.15, 0.2) is 5.76 Å². The third-order valence-electron chi connectivity index (χ3n) is 5.96. The van der Waals surface area contributed by atoms with E-state index in [0.29, 0.717) is 19.0 Å². The molecule has 0 aliphatic carbocycles.